The molecule has 2 aromatic carbocycles. The van der Waals surface area contributed by atoms with Gasteiger partial charge < -0.3 is 10.4 Å². The van der Waals surface area contributed by atoms with Gasteiger partial charge in [-0.25, -0.2) is 4.79 Å². The van der Waals surface area contributed by atoms with Crippen LogP contribution in [0.25, 0.3) is 10.8 Å². The molecule has 0 saturated carbocycles. The van der Waals surface area contributed by atoms with Gasteiger partial charge in [0.2, 0.25) is 0 Å². The Hall–Kier alpha value is -2.63. The summed E-state index contributed by atoms with van der Waals surface area (Å²) in [6.07, 6.45) is 1.49. The van der Waals surface area contributed by atoms with Crippen molar-refractivity contribution in [2.45, 2.75) is 0 Å². The second-order valence-electron chi connectivity index (χ2n) is 4.98. The predicted octanol–water partition coefficient (Wildman–Crippen LogP) is 4.49. The first kappa shape index (κ1) is 16.2. The molecule has 120 valence electrons. The zero-order valence-corrected chi connectivity index (χ0v) is 13.6. The van der Waals surface area contributed by atoms with Crippen molar-refractivity contribution in [3.8, 4) is 0 Å². The van der Waals surface area contributed by atoms with E-state index in [0.717, 1.165) is 0 Å². The highest BCUT2D eigenvalue weighted by atomic mass is 35.5. The summed E-state index contributed by atoms with van der Waals surface area (Å²) < 4.78 is 0. The van der Waals surface area contributed by atoms with Crippen LogP contribution in [0.15, 0.2) is 48.7 Å². The topological polar surface area (TPSA) is 79.3 Å². The van der Waals surface area contributed by atoms with Gasteiger partial charge in [-0.1, -0.05) is 29.3 Å². The van der Waals surface area contributed by atoms with Gasteiger partial charge in [-0.2, -0.15) is 0 Å². The number of hydrogen-bond donors (Lipinski definition) is 2. The van der Waals surface area contributed by atoms with Crippen molar-refractivity contribution in [3.05, 3.63) is 70.0 Å². The maximum Gasteiger partial charge on any atom is 0.335 e. The number of rotatable bonds is 3. The molecule has 3 rings (SSSR count). The minimum atomic E-state index is -1.12. The van der Waals surface area contributed by atoms with Gasteiger partial charge in [-0.15, -0.1) is 0 Å². The number of amides is 1. The first-order valence-electron chi connectivity index (χ1n) is 6.84. The number of fused-ring (bicyclic) bond motifs is 1. The fraction of sp³-hybridized carbons (Fsp3) is 0. The van der Waals surface area contributed by atoms with E-state index in [-0.39, 0.29) is 16.9 Å². The van der Waals surface area contributed by atoms with E-state index in [9.17, 15) is 14.7 Å². The number of carbonyl (C=O) groups excluding carboxylic acids is 1. The summed E-state index contributed by atoms with van der Waals surface area (Å²) in [7, 11) is 0. The fourth-order valence-corrected chi connectivity index (χ4v) is 2.94. The molecule has 0 bridgehead atoms. The number of nitrogens with one attached hydrogen (secondary N) is 1. The molecule has 7 heteroatoms. The van der Waals surface area contributed by atoms with E-state index in [4.69, 9.17) is 23.2 Å². The van der Waals surface area contributed by atoms with Crippen LogP contribution >= 0.6 is 23.2 Å². The lowest BCUT2D eigenvalue weighted by Crippen LogP contribution is -2.14. The molecule has 0 aliphatic carbocycles. The molecule has 1 amide bonds. The highest BCUT2D eigenvalue weighted by Gasteiger charge is 2.15. The van der Waals surface area contributed by atoms with Crippen LogP contribution in [-0.4, -0.2) is 22.0 Å². The zero-order valence-electron chi connectivity index (χ0n) is 12.1. The fourth-order valence-electron chi connectivity index (χ4n) is 2.33. The van der Waals surface area contributed by atoms with Crippen molar-refractivity contribution in [2.24, 2.45) is 0 Å². The molecule has 0 spiro atoms. The molecule has 24 heavy (non-hydrogen) atoms. The van der Waals surface area contributed by atoms with Crippen molar-refractivity contribution in [1.29, 1.82) is 0 Å². The third-order valence-electron chi connectivity index (χ3n) is 3.36. The summed E-state index contributed by atoms with van der Waals surface area (Å²) in [6, 6.07) is 10.8. The molecule has 0 saturated heterocycles. The summed E-state index contributed by atoms with van der Waals surface area (Å²) >= 11 is 12.2. The van der Waals surface area contributed by atoms with Gasteiger partial charge >= 0.3 is 5.97 Å². The summed E-state index contributed by atoms with van der Waals surface area (Å²) in [6.45, 7) is 0. The molecule has 0 aliphatic heterocycles. The molecule has 5 nitrogen and oxygen atoms in total. The van der Waals surface area contributed by atoms with Crippen LogP contribution in [0.2, 0.25) is 10.0 Å². The Morgan fingerprint density at radius 1 is 1.08 bits per heavy atom. The summed E-state index contributed by atoms with van der Waals surface area (Å²) in [4.78, 5) is 27.6. The second-order valence-corrected chi connectivity index (χ2v) is 5.83. The summed E-state index contributed by atoms with van der Waals surface area (Å²) in [5, 5.41) is 13.6. The van der Waals surface area contributed by atoms with Gasteiger partial charge in [0.15, 0.2) is 0 Å². The monoisotopic (exact) mass is 360 g/mol. The summed E-state index contributed by atoms with van der Waals surface area (Å²) in [5.74, 6) is -1.59. The number of benzene rings is 2. The first-order chi connectivity index (χ1) is 11.5. The average molecular weight is 361 g/mol. The number of aromatic nitrogens is 1. The molecule has 1 heterocycles. The van der Waals surface area contributed by atoms with E-state index in [1.54, 1.807) is 24.3 Å². The number of anilines is 1. The number of carboxylic acid groups (broad SMARTS) is 1. The number of halogens is 2. The average Bonchev–Trinajstić information content (AvgIpc) is 2.54. The number of hydrogen-bond acceptors (Lipinski definition) is 3. The van der Waals surface area contributed by atoms with Gasteiger partial charge in [0.25, 0.3) is 5.91 Å². The van der Waals surface area contributed by atoms with Crippen LogP contribution in [0.1, 0.15) is 20.8 Å². The second kappa shape index (κ2) is 6.47. The highest BCUT2D eigenvalue weighted by Crippen LogP contribution is 2.35. The number of aromatic carboxylic acids is 1. The van der Waals surface area contributed by atoms with Gasteiger partial charge in [0, 0.05) is 16.6 Å². The van der Waals surface area contributed by atoms with Crippen molar-refractivity contribution in [1.82, 2.24) is 4.98 Å². The molecule has 0 unspecified atom stereocenters. The van der Waals surface area contributed by atoms with Crippen LogP contribution in [0.4, 0.5) is 5.69 Å². The maximum absolute atomic E-state index is 12.3. The van der Waals surface area contributed by atoms with Gasteiger partial charge in [0.05, 0.1) is 16.3 Å². The quantitative estimate of drug-likeness (QED) is 0.720. The van der Waals surface area contributed by atoms with Crippen molar-refractivity contribution >= 4 is 51.5 Å². The molecule has 0 radical (unpaired) electrons. The third-order valence-corrected chi connectivity index (χ3v) is 3.87. The molecule has 0 atom stereocenters. The lowest BCUT2D eigenvalue weighted by Gasteiger charge is -2.12. The Morgan fingerprint density at radius 3 is 2.54 bits per heavy atom. The lowest BCUT2D eigenvalue weighted by atomic mass is 10.0. The minimum Gasteiger partial charge on any atom is -0.478 e. The highest BCUT2D eigenvalue weighted by molar-refractivity contribution is 6.40. The van der Waals surface area contributed by atoms with E-state index in [1.165, 1.54) is 24.4 Å². The van der Waals surface area contributed by atoms with Crippen molar-refractivity contribution in [2.75, 3.05) is 5.32 Å². The van der Waals surface area contributed by atoms with Crippen molar-refractivity contribution in [3.63, 3.8) is 0 Å². The van der Waals surface area contributed by atoms with Crippen LogP contribution in [0.3, 0.4) is 0 Å². The van der Waals surface area contributed by atoms with Crippen LogP contribution in [-0.2, 0) is 0 Å². The smallest absolute Gasteiger partial charge is 0.335 e. The van der Waals surface area contributed by atoms with Gasteiger partial charge in [0.1, 0.15) is 5.69 Å². The Kier molecular flexibility index (Phi) is 4.38. The molecular weight excluding hydrogens is 351 g/mol. The van der Waals surface area contributed by atoms with Gasteiger partial charge in [-0.05, 0) is 41.8 Å². The van der Waals surface area contributed by atoms with E-state index >= 15 is 0 Å². The largest absolute Gasteiger partial charge is 0.478 e. The van der Waals surface area contributed by atoms with Gasteiger partial charge in [-0.3, -0.25) is 9.78 Å². The molecule has 1 aromatic heterocycles. The van der Waals surface area contributed by atoms with E-state index < -0.39 is 11.9 Å². The number of carboxylic acids is 1. The third kappa shape index (κ3) is 3.18. The Bertz CT molecular complexity index is 959. The molecule has 0 fully saturated rings. The standard InChI is InChI=1S/C17H10Cl2N2O3/c18-11-6-9-5-10(17(23)24)7-14(15(9)12(19)8-11)21-16(22)13-3-1-2-4-20-13/h1-8H,(H,21,22)(H,23,24). The number of carbonyl (C=O) groups is 2. The van der Waals surface area contributed by atoms with E-state index in [0.29, 0.717) is 20.8 Å². The van der Waals surface area contributed by atoms with Crippen LogP contribution in [0.5, 0.6) is 0 Å². The zero-order chi connectivity index (χ0) is 17.3. The van der Waals surface area contributed by atoms with Crippen LogP contribution in [0, 0.1) is 0 Å². The first-order valence-corrected chi connectivity index (χ1v) is 7.60. The maximum atomic E-state index is 12.3. The van der Waals surface area contributed by atoms with Crippen LogP contribution < -0.4 is 5.32 Å². The molecular formula is C17H10Cl2N2O3. The number of pyridine rings is 1. The van der Waals surface area contributed by atoms with E-state index in [1.807, 2.05) is 0 Å². The Balaban J connectivity index is 2.15. The van der Waals surface area contributed by atoms with Crippen molar-refractivity contribution < 1.29 is 14.7 Å². The minimum absolute atomic E-state index is 0.0113. The number of nitrogens with zero attached hydrogens (tertiary/aromatic N) is 1. The molecule has 2 N–H and O–H groups in total. The Morgan fingerprint density at radius 2 is 1.88 bits per heavy atom. The lowest BCUT2D eigenvalue weighted by molar-refractivity contribution is 0.0696. The molecule has 0 aliphatic rings. The Labute approximate surface area is 146 Å². The summed E-state index contributed by atoms with van der Waals surface area (Å²) in [5.41, 5.74) is 0.496. The molecule has 3 aromatic rings. The SMILES string of the molecule is O=C(O)c1cc(NC(=O)c2ccccn2)c2c(Cl)cc(Cl)cc2c1. The normalized spacial score (nSPS) is 10.6. The predicted molar refractivity (Wildman–Crippen MR) is 93.1 cm³/mol. The van der Waals surface area contributed by atoms with E-state index in [2.05, 4.69) is 10.3 Å².